The standard InChI is InChI=1S/C16H28N4O/c1-12(2)9-15-18-16(21-19-15)11-20(14-6-7-14)10-13-5-3-4-8-17-13/h12-14,17H,3-11H2,1-2H3. The molecule has 1 saturated carbocycles. The smallest absolute Gasteiger partial charge is 0.240 e. The van der Waals surface area contributed by atoms with E-state index in [1.165, 1.54) is 38.6 Å². The molecule has 2 fully saturated rings. The molecule has 1 aromatic heterocycles. The van der Waals surface area contributed by atoms with Gasteiger partial charge in [0, 0.05) is 25.0 Å². The summed E-state index contributed by atoms with van der Waals surface area (Å²) in [5, 5.41) is 7.75. The maximum atomic E-state index is 5.44. The Morgan fingerprint density at radius 1 is 1.29 bits per heavy atom. The molecule has 5 heteroatoms. The van der Waals surface area contributed by atoms with Crippen molar-refractivity contribution in [3.05, 3.63) is 11.7 Å². The van der Waals surface area contributed by atoms with Crippen LogP contribution in [0.15, 0.2) is 4.52 Å². The molecule has 2 aliphatic rings. The number of piperidine rings is 1. The fourth-order valence-corrected chi connectivity index (χ4v) is 3.12. The van der Waals surface area contributed by atoms with Gasteiger partial charge in [-0.05, 0) is 38.1 Å². The van der Waals surface area contributed by atoms with Crippen LogP contribution >= 0.6 is 0 Å². The normalized spacial score (nSPS) is 23.1. The predicted octanol–water partition coefficient (Wildman–Crippen LogP) is 2.37. The van der Waals surface area contributed by atoms with Crippen LogP contribution in [0.3, 0.4) is 0 Å². The molecule has 0 radical (unpaired) electrons. The van der Waals surface area contributed by atoms with Crippen molar-refractivity contribution in [1.29, 1.82) is 0 Å². The van der Waals surface area contributed by atoms with E-state index < -0.39 is 0 Å². The first-order chi connectivity index (χ1) is 10.2. The minimum Gasteiger partial charge on any atom is -0.338 e. The van der Waals surface area contributed by atoms with Crippen molar-refractivity contribution >= 4 is 0 Å². The van der Waals surface area contributed by atoms with Crippen molar-refractivity contribution < 1.29 is 4.52 Å². The molecule has 5 nitrogen and oxygen atoms in total. The molecule has 0 amide bonds. The molecule has 1 saturated heterocycles. The average Bonchev–Trinajstić information content (AvgIpc) is 3.22. The lowest BCUT2D eigenvalue weighted by atomic mass is 10.0. The van der Waals surface area contributed by atoms with Crippen molar-refractivity contribution in [3.8, 4) is 0 Å². The second kappa shape index (κ2) is 6.88. The van der Waals surface area contributed by atoms with Crippen molar-refractivity contribution in [2.24, 2.45) is 5.92 Å². The molecule has 1 N–H and O–H groups in total. The third-order valence-corrected chi connectivity index (χ3v) is 4.37. The molecule has 21 heavy (non-hydrogen) atoms. The van der Waals surface area contributed by atoms with Gasteiger partial charge >= 0.3 is 0 Å². The molecule has 1 aromatic rings. The Morgan fingerprint density at radius 2 is 2.14 bits per heavy atom. The van der Waals surface area contributed by atoms with E-state index in [-0.39, 0.29) is 0 Å². The van der Waals surface area contributed by atoms with E-state index in [1.807, 2.05) is 0 Å². The molecule has 0 aromatic carbocycles. The summed E-state index contributed by atoms with van der Waals surface area (Å²) in [5.74, 6) is 2.21. The average molecular weight is 292 g/mol. The second-order valence-electron chi connectivity index (χ2n) is 7.01. The largest absolute Gasteiger partial charge is 0.338 e. The molecule has 0 spiro atoms. The zero-order chi connectivity index (χ0) is 14.7. The zero-order valence-electron chi connectivity index (χ0n) is 13.3. The number of hydrogen-bond donors (Lipinski definition) is 1. The summed E-state index contributed by atoms with van der Waals surface area (Å²) in [6.07, 6.45) is 7.51. The highest BCUT2D eigenvalue weighted by molar-refractivity contribution is 4.93. The molecule has 1 aliphatic heterocycles. The summed E-state index contributed by atoms with van der Waals surface area (Å²) in [4.78, 5) is 7.09. The predicted molar refractivity (Wildman–Crippen MR) is 81.9 cm³/mol. The number of nitrogens with one attached hydrogen (secondary N) is 1. The van der Waals surface area contributed by atoms with Crippen LogP contribution in [0.1, 0.15) is 57.7 Å². The fourth-order valence-electron chi connectivity index (χ4n) is 3.12. The van der Waals surface area contributed by atoms with Crippen LogP contribution in [-0.2, 0) is 13.0 Å². The van der Waals surface area contributed by atoms with Gasteiger partial charge in [-0.1, -0.05) is 25.4 Å². The lowest BCUT2D eigenvalue weighted by Gasteiger charge is -2.29. The Labute approximate surface area is 127 Å². The minimum absolute atomic E-state index is 0.571. The number of nitrogens with zero attached hydrogens (tertiary/aromatic N) is 3. The maximum Gasteiger partial charge on any atom is 0.240 e. The number of aromatic nitrogens is 2. The third-order valence-electron chi connectivity index (χ3n) is 4.37. The van der Waals surface area contributed by atoms with Gasteiger partial charge in [0.2, 0.25) is 5.89 Å². The van der Waals surface area contributed by atoms with Gasteiger partial charge in [-0.2, -0.15) is 4.98 Å². The van der Waals surface area contributed by atoms with Gasteiger partial charge in [-0.25, -0.2) is 0 Å². The molecule has 1 atom stereocenters. The first-order valence-electron chi connectivity index (χ1n) is 8.49. The lowest BCUT2D eigenvalue weighted by Crippen LogP contribution is -2.44. The van der Waals surface area contributed by atoms with Crippen LogP contribution in [0.25, 0.3) is 0 Å². The summed E-state index contributed by atoms with van der Waals surface area (Å²) >= 11 is 0. The Kier molecular flexibility index (Phi) is 4.91. The number of rotatable bonds is 7. The molecule has 118 valence electrons. The summed E-state index contributed by atoms with van der Waals surface area (Å²) in [6, 6.07) is 1.37. The summed E-state index contributed by atoms with van der Waals surface area (Å²) in [5.41, 5.74) is 0. The quantitative estimate of drug-likeness (QED) is 0.836. The van der Waals surface area contributed by atoms with Gasteiger partial charge < -0.3 is 9.84 Å². The molecule has 1 aliphatic carbocycles. The lowest BCUT2D eigenvalue weighted by molar-refractivity contribution is 0.184. The van der Waals surface area contributed by atoms with Gasteiger partial charge in [0.05, 0.1) is 6.54 Å². The van der Waals surface area contributed by atoms with E-state index >= 15 is 0 Å². The number of hydrogen-bond acceptors (Lipinski definition) is 5. The highest BCUT2D eigenvalue weighted by Crippen LogP contribution is 2.29. The minimum atomic E-state index is 0.571. The molecular weight excluding hydrogens is 264 g/mol. The topological polar surface area (TPSA) is 54.2 Å². The van der Waals surface area contributed by atoms with Gasteiger partial charge in [0.25, 0.3) is 0 Å². The van der Waals surface area contributed by atoms with E-state index in [1.54, 1.807) is 0 Å². The summed E-state index contributed by atoms with van der Waals surface area (Å²) < 4.78 is 5.44. The van der Waals surface area contributed by atoms with E-state index in [9.17, 15) is 0 Å². The first-order valence-corrected chi connectivity index (χ1v) is 8.49. The van der Waals surface area contributed by atoms with Crippen LogP contribution < -0.4 is 5.32 Å². The third kappa shape index (κ3) is 4.51. The Bertz CT molecular complexity index is 435. The van der Waals surface area contributed by atoms with E-state index in [0.29, 0.717) is 12.0 Å². The van der Waals surface area contributed by atoms with Gasteiger partial charge in [0.1, 0.15) is 0 Å². The zero-order valence-corrected chi connectivity index (χ0v) is 13.3. The van der Waals surface area contributed by atoms with E-state index in [2.05, 4.69) is 34.2 Å². The Balaban J connectivity index is 1.55. The Hall–Kier alpha value is -0.940. The first kappa shape index (κ1) is 15.0. The van der Waals surface area contributed by atoms with Crippen LogP contribution in [0.2, 0.25) is 0 Å². The van der Waals surface area contributed by atoms with Crippen molar-refractivity contribution in [2.45, 2.75) is 71.0 Å². The summed E-state index contributed by atoms with van der Waals surface area (Å²) in [6.45, 7) is 7.46. The van der Waals surface area contributed by atoms with E-state index in [0.717, 1.165) is 37.3 Å². The Morgan fingerprint density at radius 3 is 2.81 bits per heavy atom. The van der Waals surface area contributed by atoms with Crippen molar-refractivity contribution in [2.75, 3.05) is 13.1 Å². The van der Waals surface area contributed by atoms with E-state index in [4.69, 9.17) is 4.52 Å². The molecule has 2 heterocycles. The molecule has 3 rings (SSSR count). The van der Waals surface area contributed by atoms with Crippen LogP contribution in [0.4, 0.5) is 0 Å². The fraction of sp³-hybridized carbons (Fsp3) is 0.875. The SMILES string of the molecule is CC(C)Cc1noc(CN(CC2CCCCN2)C2CC2)n1. The monoisotopic (exact) mass is 292 g/mol. The van der Waals surface area contributed by atoms with Gasteiger partial charge in [0.15, 0.2) is 5.82 Å². The van der Waals surface area contributed by atoms with Crippen molar-refractivity contribution in [1.82, 2.24) is 20.4 Å². The van der Waals surface area contributed by atoms with Crippen molar-refractivity contribution in [3.63, 3.8) is 0 Å². The summed E-state index contributed by atoms with van der Waals surface area (Å²) in [7, 11) is 0. The second-order valence-corrected chi connectivity index (χ2v) is 7.01. The van der Waals surface area contributed by atoms with Gasteiger partial charge in [-0.3, -0.25) is 4.90 Å². The highest BCUT2D eigenvalue weighted by Gasteiger charge is 2.32. The van der Waals surface area contributed by atoms with Crippen LogP contribution in [0.5, 0.6) is 0 Å². The van der Waals surface area contributed by atoms with Gasteiger partial charge in [-0.15, -0.1) is 0 Å². The molecule has 0 bridgehead atoms. The molecular formula is C16H28N4O. The molecule has 1 unspecified atom stereocenters. The highest BCUT2D eigenvalue weighted by atomic mass is 16.5. The maximum absolute atomic E-state index is 5.44. The van der Waals surface area contributed by atoms with Crippen LogP contribution in [0, 0.1) is 5.92 Å². The van der Waals surface area contributed by atoms with Crippen LogP contribution in [-0.4, -0.2) is 40.2 Å².